The molecule has 3 aromatic rings. The Labute approximate surface area is 161 Å². The number of rotatable bonds is 3. The second kappa shape index (κ2) is 6.52. The molecular formula is C17H13BrF4N2O2S. The largest absolute Gasteiger partial charge is 0.418 e. The van der Waals surface area contributed by atoms with Crippen LogP contribution < -0.4 is 4.72 Å². The van der Waals surface area contributed by atoms with Crippen molar-refractivity contribution < 1.29 is 26.0 Å². The summed E-state index contributed by atoms with van der Waals surface area (Å²) in [5.41, 5.74) is -1.03. The summed E-state index contributed by atoms with van der Waals surface area (Å²) in [7, 11) is -2.92. The molecule has 2 aromatic carbocycles. The summed E-state index contributed by atoms with van der Waals surface area (Å²) in [6, 6.07) is 6.91. The number of halogens is 5. The standard InChI is InChI=1S/C17H13BrF4N2O2S/c1-9-12-8-11(19)4-6-15(12)24(2)16(9)27(25,26)23-14-5-3-10(18)7-13(14)17(20,21)22/h3-8,23H,1-2H3. The molecule has 0 aliphatic carbocycles. The molecule has 0 saturated carbocycles. The molecule has 0 amide bonds. The topological polar surface area (TPSA) is 51.1 Å². The molecule has 0 aliphatic rings. The van der Waals surface area contributed by atoms with Crippen LogP contribution in [0, 0.1) is 12.7 Å². The van der Waals surface area contributed by atoms with Crippen LogP contribution in [-0.4, -0.2) is 13.0 Å². The number of nitrogens with one attached hydrogen (secondary N) is 1. The number of benzene rings is 2. The van der Waals surface area contributed by atoms with E-state index in [2.05, 4.69) is 15.9 Å². The van der Waals surface area contributed by atoms with Crippen LogP contribution in [0.5, 0.6) is 0 Å². The summed E-state index contributed by atoms with van der Waals surface area (Å²) < 4.78 is 82.5. The lowest BCUT2D eigenvalue weighted by Crippen LogP contribution is -2.20. The molecule has 0 bridgehead atoms. The fourth-order valence-corrected chi connectivity index (χ4v) is 4.89. The molecule has 0 aliphatic heterocycles. The van der Waals surface area contributed by atoms with Gasteiger partial charge in [-0.1, -0.05) is 15.9 Å². The number of aromatic nitrogens is 1. The van der Waals surface area contributed by atoms with Gasteiger partial charge in [0.15, 0.2) is 5.03 Å². The van der Waals surface area contributed by atoms with Crippen molar-refractivity contribution in [2.45, 2.75) is 18.1 Å². The van der Waals surface area contributed by atoms with Crippen molar-refractivity contribution >= 4 is 42.5 Å². The van der Waals surface area contributed by atoms with Crippen LogP contribution in [0.4, 0.5) is 23.2 Å². The van der Waals surface area contributed by atoms with Crippen molar-refractivity contribution in [3.8, 4) is 0 Å². The van der Waals surface area contributed by atoms with Gasteiger partial charge >= 0.3 is 6.18 Å². The van der Waals surface area contributed by atoms with Crippen LogP contribution in [0.1, 0.15) is 11.1 Å². The van der Waals surface area contributed by atoms with Crippen LogP contribution in [-0.2, 0) is 23.2 Å². The van der Waals surface area contributed by atoms with E-state index in [1.165, 1.54) is 42.8 Å². The molecule has 4 nitrogen and oxygen atoms in total. The smallest absolute Gasteiger partial charge is 0.333 e. The lowest BCUT2D eigenvalue weighted by Gasteiger charge is -2.16. The first-order valence-corrected chi connectivity index (χ1v) is 9.83. The third-order valence-corrected chi connectivity index (χ3v) is 6.21. The summed E-state index contributed by atoms with van der Waals surface area (Å²) in [4.78, 5) is 0. The zero-order valence-electron chi connectivity index (χ0n) is 14.0. The fraction of sp³-hybridized carbons (Fsp3) is 0.176. The average molecular weight is 465 g/mol. The van der Waals surface area contributed by atoms with E-state index in [1.54, 1.807) is 0 Å². The fourth-order valence-electron chi connectivity index (χ4n) is 2.99. The molecular weight excluding hydrogens is 452 g/mol. The number of hydrogen-bond acceptors (Lipinski definition) is 2. The van der Waals surface area contributed by atoms with Crippen LogP contribution in [0.3, 0.4) is 0 Å². The molecule has 0 atom stereocenters. The Bertz CT molecular complexity index is 1150. The molecule has 3 rings (SSSR count). The molecule has 0 saturated heterocycles. The lowest BCUT2D eigenvalue weighted by molar-refractivity contribution is -0.136. The van der Waals surface area contributed by atoms with Gasteiger partial charge in [0.1, 0.15) is 5.82 Å². The minimum atomic E-state index is -4.75. The van der Waals surface area contributed by atoms with E-state index in [1.807, 2.05) is 4.72 Å². The highest BCUT2D eigenvalue weighted by Crippen LogP contribution is 2.38. The molecule has 0 unspecified atom stereocenters. The second-order valence-electron chi connectivity index (χ2n) is 5.94. The number of sulfonamides is 1. The van der Waals surface area contributed by atoms with Crippen LogP contribution in [0.25, 0.3) is 10.9 Å². The highest BCUT2D eigenvalue weighted by Gasteiger charge is 2.35. The maximum atomic E-state index is 13.5. The first-order valence-electron chi connectivity index (χ1n) is 7.56. The highest BCUT2D eigenvalue weighted by molar-refractivity contribution is 9.10. The highest BCUT2D eigenvalue weighted by atomic mass is 79.9. The Kier molecular flexibility index (Phi) is 4.75. The lowest BCUT2D eigenvalue weighted by atomic mass is 10.2. The Morgan fingerprint density at radius 2 is 1.78 bits per heavy atom. The Hall–Kier alpha value is -2.07. The summed E-state index contributed by atoms with van der Waals surface area (Å²) in [6.07, 6.45) is -4.75. The summed E-state index contributed by atoms with van der Waals surface area (Å²) in [5, 5.41) is 0.129. The third-order valence-electron chi connectivity index (χ3n) is 4.14. The minimum absolute atomic E-state index is 0.161. The van der Waals surface area contributed by atoms with Crippen LogP contribution >= 0.6 is 15.9 Å². The van der Waals surface area contributed by atoms with E-state index in [9.17, 15) is 26.0 Å². The molecule has 0 fully saturated rings. The van der Waals surface area contributed by atoms with E-state index in [0.717, 1.165) is 12.1 Å². The summed E-state index contributed by atoms with van der Waals surface area (Å²) >= 11 is 2.95. The predicted octanol–water partition coefficient (Wildman–Crippen LogP) is 5.21. The molecule has 1 heterocycles. The van der Waals surface area contributed by atoms with E-state index in [-0.39, 0.29) is 15.1 Å². The van der Waals surface area contributed by atoms with Crippen molar-refractivity contribution in [3.05, 3.63) is 57.8 Å². The van der Waals surface area contributed by atoms with Crippen LogP contribution in [0.2, 0.25) is 0 Å². The van der Waals surface area contributed by atoms with Crippen molar-refractivity contribution in [2.75, 3.05) is 4.72 Å². The van der Waals surface area contributed by atoms with Gasteiger partial charge in [0.2, 0.25) is 0 Å². The van der Waals surface area contributed by atoms with Crippen molar-refractivity contribution in [1.82, 2.24) is 4.57 Å². The van der Waals surface area contributed by atoms with Gasteiger partial charge in [0.05, 0.1) is 11.3 Å². The number of fused-ring (bicyclic) bond motifs is 1. The van der Waals surface area contributed by atoms with Gasteiger partial charge in [-0.2, -0.15) is 21.6 Å². The zero-order chi connectivity index (χ0) is 20.1. The predicted molar refractivity (Wildman–Crippen MR) is 97.6 cm³/mol. The molecule has 0 spiro atoms. The molecule has 0 radical (unpaired) electrons. The summed E-state index contributed by atoms with van der Waals surface area (Å²) in [5.74, 6) is -0.541. The number of nitrogens with zero attached hydrogens (tertiary/aromatic N) is 1. The van der Waals surface area contributed by atoms with Crippen molar-refractivity contribution in [1.29, 1.82) is 0 Å². The molecule has 1 N–H and O–H groups in total. The Morgan fingerprint density at radius 1 is 1.11 bits per heavy atom. The minimum Gasteiger partial charge on any atom is -0.333 e. The van der Waals surface area contributed by atoms with Gasteiger partial charge in [-0.15, -0.1) is 0 Å². The van der Waals surface area contributed by atoms with Crippen molar-refractivity contribution in [2.24, 2.45) is 7.05 Å². The van der Waals surface area contributed by atoms with Gasteiger partial charge < -0.3 is 4.57 Å². The molecule has 144 valence electrons. The number of hydrogen-bond donors (Lipinski definition) is 1. The van der Waals surface area contributed by atoms with E-state index in [0.29, 0.717) is 10.9 Å². The molecule has 27 heavy (non-hydrogen) atoms. The van der Waals surface area contributed by atoms with Gasteiger partial charge in [0, 0.05) is 22.4 Å². The van der Waals surface area contributed by atoms with E-state index >= 15 is 0 Å². The first-order chi connectivity index (χ1) is 12.4. The maximum Gasteiger partial charge on any atom is 0.418 e. The number of alkyl halides is 3. The Balaban J connectivity index is 2.16. The number of anilines is 1. The van der Waals surface area contributed by atoms with Crippen LogP contribution in [0.15, 0.2) is 45.9 Å². The van der Waals surface area contributed by atoms with Gasteiger partial charge in [-0.05, 0) is 48.9 Å². The monoisotopic (exact) mass is 464 g/mol. The van der Waals surface area contributed by atoms with E-state index in [4.69, 9.17) is 0 Å². The molecule has 1 aromatic heterocycles. The van der Waals surface area contributed by atoms with Gasteiger partial charge in [0.25, 0.3) is 10.0 Å². The first kappa shape index (κ1) is 19.7. The Morgan fingerprint density at radius 3 is 2.41 bits per heavy atom. The maximum absolute atomic E-state index is 13.5. The zero-order valence-corrected chi connectivity index (χ0v) is 16.4. The summed E-state index contributed by atoms with van der Waals surface area (Å²) in [6.45, 7) is 1.47. The average Bonchev–Trinajstić information content (AvgIpc) is 2.79. The third kappa shape index (κ3) is 3.55. The number of aryl methyl sites for hydroxylation is 2. The van der Waals surface area contributed by atoms with E-state index < -0.39 is 33.3 Å². The van der Waals surface area contributed by atoms with Gasteiger partial charge in [-0.25, -0.2) is 4.39 Å². The molecule has 10 heteroatoms. The second-order valence-corrected chi connectivity index (χ2v) is 8.46. The normalized spacial score (nSPS) is 12.6. The quantitative estimate of drug-likeness (QED) is 0.541. The SMILES string of the molecule is Cc1c(S(=O)(=O)Nc2ccc(Br)cc2C(F)(F)F)n(C)c2ccc(F)cc12. The van der Waals surface area contributed by atoms with Crippen molar-refractivity contribution in [3.63, 3.8) is 0 Å². The van der Waals surface area contributed by atoms with Gasteiger partial charge in [-0.3, -0.25) is 4.72 Å².